The van der Waals surface area contributed by atoms with E-state index in [-0.39, 0.29) is 54.6 Å². The molecule has 52 heavy (non-hydrogen) atoms. The second-order valence-corrected chi connectivity index (χ2v) is 15.5. The van der Waals surface area contributed by atoms with Crippen LogP contribution in [-0.2, 0) is 30.3 Å². The maximum atomic E-state index is 14.2. The van der Waals surface area contributed by atoms with Crippen LogP contribution in [0, 0.1) is 17.8 Å². The summed E-state index contributed by atoms with van der Waals surface area (Å²) in [6.45, 7) is 12.1. The Balaban J connectivity index is 1.83. The summed E-state index contributed by atoms with van der Waals surface area (Å²) in [4.78, 5) is 73.9. The number of likely N-dealkylation sites (tertiary alicyclic amines) is 1. The summed E-state index contributed by atoms with van der Waals surface area (Å²) >= 11 is 1.19. The lowest BCUT2D eigenvalue weighted by atomic mass is 9.92. The third-order valence-electron chi connectivity index (χ3n) is 10.2. The van der Waals surface area contributed by atoms with Crippen molar-refractivity contribution in [2.75, 3.05) is 20.6 Å². The van der Waals surface area contributed by atoms with Gasteiger partial charge in [0.25, 0.3) is 5.91 Å². The molecule has 0 aliphatic carbocycles. The normalized spacial score (nSPS) is 18.4. The Hall–Kier alpha value is -3.84. The van der Waals surface area contributed by atoms with Crippen molar-refractivity contribution < 1.29 is 33.8 Å². The first kappa shape index (κ1) is 42.6. The van der Waals surface area contributed by atoms with Gasteiger partial charge in [-0.1, -0.05) is 84.7 Å². The van der Waals surface area contributed by atoms with Gasteiger partial charge in [0.2, 0.25) is 11.8 Å². The second-order valence-electron chi connectivity index (χ2n) is 14.6. The number of likely N-dealkylation sites (N-methyl/N-ethyl adjacent to an activating group) is 2. The molecule has 3 amide bonds. The molecule has 3 N–H and O–H groups in total. The van der Waals surface area contributed by atoms with E-state index < -0.39 is 48.0 Å². The van der Waals surface area contributed by atoms with Crippen LogP contribution < -0.4 is 10.6 Å². The third-order valence-corrected chi connectivity index (χ3v) is 11.2. The molecule has 3 rings (SSSR count). The molecule has 0 unspecified atom stereocenters. The van der Waals surface area contributed by atoms with Crippen LogP contribution in [0.15, 0.2) is 35.7 Å². The number of carbonyl (C=O) groups excluding carboxylic acids is 4. The number of rotatable bonds is 19. The summed E-state index contributed by atoms with van der Waals surface area (Å²) in [7, 11) is 3.67. The zero-order valence-corrected chi connectivity index (χ0v) is 32.9. The highest BCUT2D eigenvalue weighted by Crippen LogP contribution is 2.31. The van der Waals surface area contributed by atoms with Crippen molar-refractivity contribution in [3.05, 3.63) is 52.0 Å². The number of carboxylic acid groups (broad SMARTS) is 1. The number of aliphatic carboxylic acids is 1. The quantitative estimate of drug-likeness (QED) is 0.159. The second kappa shape index (κ2) is 20.4. The highest BCUT2D eigenvalue weighted by atomic mass is 32.1. The summed E-state index contributed by atoms with van der Waals surface area (Å²) in [5.41, 5.74) is 1.10. The fourth-order valence-electron chi connectivity index (χ4n) is 6.68. The van der Waals surface area contributed by atoms with Crippen LogP contribution in [0.25, 0.3) is 0 Å². The number of aromatic nitrogens is 1. The Labute approximate surface area is 313 Å². The topological polar surface area (TPSA) is 158 Å². The van der Waals surface area contributed by atoms with Crippen LogP contribution in [0.3, 0.4) is 0 Å². The van der Waals surface area contributed by atoms with Crippen molar-refractivity contribution in [3.8, 4) is 0 Å². The lowest BCUT2D eigenvalue weighted by Crippen LogP contribution is -2.58. The molecule has 1 aromatic heterocycles. The van der Waals surface area contributed by atoms with E-state index in [1.54, 1.807) is 31.2 Å². The lowest BCUT2D eigenvalue weighted by molar-refractivity contribution is -0.151. The molecule has 2 aromatic rings. The van der Waals surface area contributed by atoms with Crippen LogP contribution in [0.1, 0.15) is 114 Å². The van der Waals surface area contributed by atoms with E-state index in [2.05, 4.69) is 15.6 Å². The summed E-state index contributed by atoms with van der Waals surface area (Å²) in [6, 6.07) is 7.70. The van der Waals surface area contributed by atoms with Crippen molar-refractivity contribution in [3.63, 3.8) is 0 Å². The molecule has 1 saturated heterocycles. The van der Waals surface area contributed by atoms with Gasteiger partial charge < -0.3 is 25.4 Å². The summed E-state index contributed by atoms with van der Waals surface area (Å²) in [5.74, 6) is -3.01. The van der Waals surface area contributed by atoms with Crippen LogP contribution in [0.4, 0.5) is 0 Å². The van der Waals surface area contributed by atoms with Gasteiger partial charge in [-0.15, -0.1) is 11.3 Å². The van der Waals surface area contributed by atoms with Crippen molar-refractivity contribution in [2.45, 2.75) is 123 Å². The number of nitrogens with one attached hydrogen (secondary N) is 2. The van der Waals surface area contributed by atoms with Crippen LogP contribution in [0.5, 0.6) is 0 Å². The van der Waals surface area contributed by atoms with Gasteiger partial charge in [0.05, 0.1) is 12.0 Å². The Morgan fingerprint density at radius 1 is 1.04 bits per heavy atom. The largest absolute Gasteiger partial charge is 0.481 e. The van der Waals surface area contributed by atoms with Crippen LogP contribution >= 0.6 is 11.3 Å². The van der Waals surface area contributed by atoms with Gasteiger partial charge in [-0.25, -0.2) is 4.98 Å². The molecular weight excluding hydrogens is 683 g/mol. The Bertz CT molecular complexity index is 1480. The average molecular weight is 742 g/mol. The van der Waals surface area contributed by atoms with Gasteiger partial charge in [0.1, 0.15) is 16.7 Å². The first-order chi connectivity index (χ1) is 24.7. The van der Waals surface area contributed by atoms with E-state index in [4.69, 9.17) is 4.74 Å². The minimum absolute atomic E-state index is 0.0489. The number of thiazole rings is 1. The van der Waals surface area contributed by atoms with E-state index in [9.17, 15) is 29.1 Å². The maximum absolute atomic E-state index is 14.2. The molecule has 0 spiro atoms. The predicted molar refractivity (Wildman–Crippen MR) is 202 cm³/mol. The number of carbonyl (C=O) groups is 5. The fourth-order valence-corrected chi connectivity index (χ4v) is 7.52. The molecule has 0 radical (unpaired) electrons. The first-order valence-corrected chi connectivity index (χ1v) is 19.5. The molecule has 0 bridgehead atoms. The number of nitrogens with zero attached hydrogens (tertiary/aromatic N) is 3. The summed E-state index contributed by atoms with van der Waals surface area (Å²) in [5, 5.41) is 17.6. The Morgan fingerprint density at radius 2 is 1.73 bits per heavy atom. The van der Waals surface area contributed by atoms with E-state index in [1.165, 1.54) is 11.3 Å². The molecule has 1 aliphatic rings. The average Bonchev–Trinajstić information content (AvgIpc) is 3.62. The molecule has 1 aromatic carbocycles. The van der Waals surface area contributed by atoms with E-state index in [0.717, 1.165) is 31.4 Å². The van der Waals surface area contributed by atoms with Crippen molar-refractivity contribution in [2.24, 2.45) is 17.8 Å². The predicted octanol–water partition coefficient (Wildman–Crippen LogP) is 5.48. The van der Waals surface area contributed by atoms with Crippen molar-refractivity contribution in [1.29, 1.82) is 0 Å². The van der Waals surface area contributed by atoms with Crippen LogP contribution in [0.2, 0.25) is 0 Å². The summed E-state index contributed by atoms with van der Waals surface area (Å²) in [6.07, 6.45) is 3.68. The van der Waals surface area contributed by atoms with E-state index in [1.807, 2.05) is 70.0 Å². The number of amides is 3. The van der Waals surface area contributed by atoms with Gasteiger partial charge in [-0.2, -0.15) is 0 Å². The third kappa shape index (κ3) is 12.1. The molecule has 0 saturated carbocycles. The fraction of sp³-hybridized carbons (Fsp3) is 0.641. The number of esters is 1. The SMILES string of the molecule is CCC(=O)O[C@H](C[C@H](C(C)C)N(C)C(=O)[C@@H](NC(=O)[C@H]1CCCCN1C)[C@@H](C)CC)c1nc(C(=O)N[C@@H](Cc2ccccc2)C[C@H](C)C(=O)O)cs1. The number of benzene rings is 1. The Kier molecular flexibility index (Phi) is 16.7. The van der Waals surface area contributed by atoms with Crippen molar-refractivity contribution in [1.82, 2.24) is 25.4 Å². The molecule has 288 valence electrons. The van der Waals surface area contributed by atoms with E-state index in [0.29, 0.717) is 17.8 Å². The first-order valence-electron chi connectivity index (χ1n) is 18.7. The molecular formula is C39H59N5O7S. The van der Waals surface area contributed by atoms with Gasteiger partial charge in [-0.3, -0.25) is 28.9 Å². The van der Waals surface area contributed by atoms with Gasteiger partial charge >= 0.3 is 11.9 Å². The molecule has 2 heterocycles. The highest BCUT2D eigenvalue weighted by Gasteiger charge is 2.37. The Morgan fingerprint density at radius 3 is 2.33 bits per heavy atom. The maximum Gasteiger partial charge on any atom is 0.306 e. The minimum atomic E-state index is -0.943. The zero-order valence-electron chi connectivity index (χ0n) is 32.1. The molecule has 7 atom stereocenters. The smallest absolute Gasteiger partial charge is 0.306 e. The molecule has 1 aliphatic heterocycles. The standard InChI is InChI=1S/C39H59N5O7S/c1-9-25(5)34(42-36(47)30-18-14-15-19-43(30)7)38(48)44(8)31(24(3)4)22-32(51-33(45)10-2)37-41-29(23-52-37)35(46)40-28(20-26(6)39(49)50)21-27-16-12-11-13-17-27/h11-13,16-17,23-26,28,30-32,34H,9-10,14-15,18-22H2,1-8H3,(H,40,46)(H,42,47)(H,49,50)/t25-,26-,28+,30+,31+,32+,34-/m0/s1. The number of hydrogen-bond acceptors (Lipinski definition) is 9. The minimum Gasteiger partial charge on any atom is -0.481 e. The van der Waals surface area contributed by atoms with Gasteiger partial charge in [0, 0.05) is 37.4 Å². The van der Waals surface area contributed by atoms with Gasteiger partial charge in [-0.05, 0) is 56.7 Å². The zero-order chi connectivity index (χ0) is 38.5. The number of hydrogen-bond donors (Lipinski definition) is 3. The summed E-state index contributed by atoms with van der Waals surface area (Å²) < 4.78 is 5.91. The number of carboxylic acids is 1. The monoisotopic (exact) mass is 741 g/mol. The molecule has 1 fully saturated rings. The lowest BCUT2D eigenvalue weighted by Gasteiger charge is -2.38. The molecule has 12 nitrogen and oxygen atoms in total. The number of ether oxygens (including phenoxy) is 1. The van der Waals surface area contributed by atoms with Crippen LogP contribution in [-0.4, -0.2) is 94.4 Å². The molecule has 13 heteroatoms. The highest BCUT2D eigenvalue weighted by molar-refractivity contribution is 7.09. The van der Waals surface area contributed by atoms with Crippen molar-refractivity contribution >= 4 is 41.0 Å². The van der Waals surface area contributed by atoms with E-state index >= 15 is 0 Å². The number of piperidine rings is 1. The van der Waals surface area contributed by atoms with Gasteiger partial charge in [0.15, 0.2) is 6.10 Å².